The minimum Gasteiger partial charge on any atom is -0.384 e. The first-order valence-corrected chi connectivity index (χ1v) is 6.72. The molecule has 0 aliphatic carbocycles. The number of carbonyl (C=O) groups is 1. The lowest BCUT2D eigenvalue weighted by atomic mass is 9.96. The molecule has 0 heterocycles. The van der Waals surface area contributed by atoms with Gasteiger partial charge in [-0.1, -0.05) is 30.3 Å². The van der Waals surface area contributed by atoms with Crippen molar-refractivity contribution in [1.82, 2.24) is 5.32 Å². The lowest BCUT2D eigenvalue weighted by Gasteiger charge is -2.24. The molecule has 0 fully saturated rings. The van der Waals surface area contributed by atoms with Gasteiger partial charge in [0, 0.05) is 5.56 Å². The van der Waals surface area contributed by atoms with Crippen molar-refractivity contribution in [3.05, 3.63) is 71.0 Å². The zero-order valence-corrected chi connectivity index (χ0v) is 12.1. The summed E-state index contributed by atoms with van der Waals surface area (Å²) in [6, 6.07) is 13.2. The number of rotatable bonds is 4. The Kier molecular flexibility index (Phi) is 4.38. The maximum Gasteiger partial charge on any atom is 0.251 e. The van der Waals surface area contributed by atoms with E-state index >= 15 is 0 Å². The normalized spacial score (nSPS) is 13.5. The largest absolute Gasteiger partial charge is 0.384 e. The third kappa shape index (κ3) is 3.89. The van der Waals surface area contributed by atoms with Crippen LogP contribution < -0.4 is 5.32 Å². The fraction of sp³-hybridized carbons (Fsp3) is 0.235. The van der Waals surface area contributed by atoms with Gasteiger partial charge in [-0.2, -0.15) is 0 Å². The van der Waals surface area contributed by atoms with Crippen LogP contribution in [0.15, 0.2) is 48.5 Å². The van der Waals surface area contributed by atoms with E-state index in [1.165, 1.54) is 12.1 Å². The van der Waals surface area contributed by atoms with Crippen molar-refractivity contribution < 1.29 is 14.3 Å². The number of benzene rings is 2. The van der Waals surface area contributed by atoms with E-state index in [4.69, 9.17) is 0 Å². The van der Waals surface area contributed by atoms with Crippen LogP contribution in [0.1, 0.15) is 28.4 Å². The molecule has 110 valence electrons. The van der Waals surface area contributed by atoms with Crippen LogP contribution in [-0.4, -0.2) is 17.6 Å². The maximum atomic E-state index is 13.3. The third-order valence-corrected chi connectivity index (χ3v) is 3.29. The molecular formula is C17H18FNO2. The average molecular weight is 287 g/mol. The molecule has 2 N–H and O–H groups in total. The van der Waals surface area contributed by atoms with Crippen LogP contribution in [0.3, 0.4) is 0 Å². The van der Waals surface area contributed by atoms with Crippen molar-refractivity contribution in [3.63, 3.8) is 0 Å². The van der Waals surface area contributed by atoms with Gasteiger partial charge in [0.1, 0.15) is 11.4 Å². The summed E-state index contributed by atoms with van der Waals surface area (Å²) in [5.41, 5.74) is 0.450. The average Bonchev–Trinajstić information content (AvgIpc) is 2.45. The number of amides is 1. The standard InChI is InChI=1S/C17H18FNO2/c1-12-8-13(10-15(18)9-12)16(20)19-11-17(2,21)14-6-4-3-5-7-14/h3-10,21H,11H2,1-2H3,(H,19,20). The Balaban J connectivity index is 2.07. The van der Waals surface area contributed by atoms with Gasteiger partial charge in [-0.25, -0.2) is 4.39 Å². The first-order chi connectivity index (χ1) is 9.88. The number of carbonyl (C=O) groups excluding carboxylic acids is 1. The molecule has 0 bridgehead atoms. The highest BCUT2D eigenvalue weighted by Crippen LogP contribution is 2.19. The zero-order valence-electron chi connectivity index (χ0n) is 12.1. The Bertz CT molecular complexity index is 618. The molecule has 2 aromatic carbocycles. The van der Waals surface area contributed by atoms with Crippen LogP contribution in [0, 0.1) is 12.7 Å². The molecule has 0 saturated carbocycles. The van der Waals surface area contributed by atoms with E-state index in [2.05, 4.69) is 5.32 Å². The van der Waals surface area contributed by atoms with Crippen molar-refractivity contribution in [1.29, 1.82) is 0 Å². The van der Waals surface area contributed by atoms with Crippen molar-refractivity contribution in [2.24, 2.45) is 0 Å². The number of aryl methyl sites for hydroxylation is 1. The predicted molar refractivity (Wildman–Crippen MR) is 79.5 cm³/mol. The monoisotopic (exact) mass is 287 g/mol. The van der Waals surface area contributed by atoms with E-state index in [0.717, 1.165) is 0 Å². The van der Waals surface area contributed by atoms with Gasteiger partial charge in [0.15, 0.2) is 0 Å². The highest BCUT2D eigenvalue weighted by Gasteiger charge is 2.23. The molecule has 2 aromatic rings. The predicted octanol–water partition coefficient (Wildman–Crippen LogP) is 2.77. The SMILES string of the molecule is Cc1cc(F)cc(C(=O)NCC(C)(O)c2ccccc2)c1. The van der Waals surface area contributed by atoms with Crippen LogP contribution in [0.5, 0.6) is 0 Å². The molecule has 0 spiro atoms. The molecule has 3 nitrogen and oxygen atoms in total. The molecule has 1 unspecified atom stereocenters. The molecule has 0 aliphatic rings. The first kappa shape index (κ1) is 15.2. The second-order valence-electron chi connectivity index (χ2n) is 5.34. The molecule has 0 radical (unpaired) electrons. The minimum absolute atomic E-state index is 0.0470. The molecule has 0 saturated heterocycles. The van der Waals surface area contributed by atoms with Gasteiger partial charge < -0.3 is 10.4 Å². The molecule has 0 aliphatic heterocycles. The fourth-order valence-corrected chi connectivity index (χ4v) is 2.12. The summed E-state index contributed by atoms with van der Waals surface area (Å²) in [5, 5.41) is 13.0. The van der Waals surface area contributed by atoms with E-state index in [9.17, 15) is 14.3 Å². The van der Waals surface area contributed by atoms with Crippen LogP contribution >= 0.6 is 0 Å². The lowest BCUT2D eigenvalue weighted by molar-refractivity contribution is 0.0526. The summed E-state index contributed by atoms with van der Waals surface area (Å²) < 4.78 is 13.3. The Morgan fingerprint density at radius 3 is 2.52 bits per heavy atom. The number of hydrogen-bond acceptors (Lipinski definition) is 2. The molecule has 0 aromatic heterocycles. The fourth-order valence-electron chi connectivity index (χ4n) is 2.12. The van der Waals surface area contributed by atoms with Gasteiger partial charge in [-0.3, -0.25) is 4.79 Å². The van der Waals surface area contributed by atoms with Gasteiger partial charge in [-0.15, -0.1) is 0 Å². The van der Waals surface area contributed by atoms with Gasteiger partial charge >= 0.3 is 0 Å². The molecule has 21 heavy (non-hydrogen) atoms. The van der Waals surface area contributed by atoms with Gasteiger partial charge in [-0.05, 0) is 43.2 Å². The second-order valence-corrected chi connectivity index (χ2v) is 5.34. The Labute approximate surface area is 123 Å². The Hall–Kier alpha value is -2.20. The van der Waals surface area contributed by atoms with Crippen LogP contribution in [-0.2, 0) is 5.60 Å². The number of halogens is 1. The summed E-state index contributed by atoms with van der Waals surface area (Å²) in [5.74, 6) is -0.858. The summed E-state index contributed by atoms with van der Waals surface area (Å²) in [4.78, 5) is 12.0. The molecule has 2 rings (SSSR count). The highest BCUT2D eigenvalue weighted by molar-refractivity contribution is 5.94. The lowest BCUT2D eigenvalue weighted by Crippen LogP contribution is -2.38. The quantitative estimate of drug-likeness (QED) is 0.908. The smallest absolute Gasteiger partial charge is 0.251 e. The van der Waals surface area contributed by atoms with Crippen molar-refractivity contribution in [2.75, 3.05) is 6.54 Å². The number of aliphatic hydroxyl groups is 1. The number of nitrogens with one attached hydrogen (secondary N) is 1. The molecule has 4 heteroatoms. The molecule has 1 amide bonds. The third-order valence-electron chi connectivity index (χ3n) is 3.29. The van der Waals surface area contributed by atoms with Gasteiger partial charge in [0.2, 0.25) is 0 Å². The Morgan fingerprint density at radius 1 is 1.24 bits per heavy atom. The first-order valence-electron chi connectivity index (χ1n) is 6.72. The van der Waals surface area contributed by atoms with Crippen molar-refractivity contribution in [3.8, 4) is 0 Å². The van der Waals surface area contributed by atoms with Crippen LogP contribution in [0.25, 0.3) is 0 Å². The van der Waals surface area contributed by atoms with E-state index in [1.807, 2.05) is 18.2 Å². The van der Waals surface area contributed by atoms with Crippen LogP contribution in [0.2, 0.25) is 0 Å². The van der Waals surface area contributed by atoms with Crippen molar-refractivity contribution >= 4 is 5.91 Å². The van der Waals surface area contributed by atoms with E-state index in [0.29, 0.717) is 11.1 Å². The number of hydrogen-bond donors (Lipinski definition) is 2. The van der Waals surface area contributed by atoms with Crippen molar-refractivity contribution in [2.45, 2.75) is 19.4 Å². The van der Waals surface area contributed by atoms with Gasteiger partial charge in [0.05, 0.1) is 6.54 Å². The zero-order chi connectivity index (χ0) is 15.5. The van der Waals surface area contributed by atoms with Crippen LogP contribution in [0.4, 0.5) is 4.39 Å². The summed E-state index contributed by atoms with van der Waals surface area (Å²) in [6.45, 7) is 3.39. The highest BCUT2D eigenvalue weighted by atomic mass is 19.1. The van der Waals surface area contributed by atoms with E-state index in [-0.39, 0.29) is 12.1 Å². The topological polar surface area (TPSA) is 49.3 Å². The second kappa shape index (κ2) is 6.06. The summed E-state index contributed by atoms with van der Waals surface area (Å²) >= 11 is 0. The summed E-state index contributed by atoms with van der Waals surface area (Å²) in [7, 11) is 0. The Morgan fingerprint density at radius 2 is 1.90 bits per heavy atom. The minimum atomic E-state index is -1.18. The van der Waals surface area contributed by atoms with E-state index < -0.39 is 17.3 Å². The molecule has 1 atom stereocenters. The summed E-state index contributed by atoms with van der Waals surface area (Å²) in [6.07, 6.45) is 0. The molecular weight excluding hydrogens is 269 g/mol. The van der Waals surface area contributed by atoms with Gasteiger partial charge in [0.25, 0.3) is 5.91 Å². The van der Waals surface area contributed by atoms with E-state index in [1.54, 1.807) is 32.0 Å². The maximum absolute atomic E-state index is 13.3.